The first-order valence-electron chi connectivity index (χ1n) is 5.58. The lowest BCUT2D eigenvalue weighted by atomic mass is 10.00. The van der Waals surface area contributed by atoms with Crippen molar-refractivity contribution in [2.75, 3.05) is 5.33 Å². The molecule has 0 aromatic carbocycles. The number of aryl methyl sites for hydroxylation is 1. The van der Waals surface area contributed by atoms with Crippen LogP contribution in [0.1, 0.15) is 41.6 Å². The number of nitrogens with one attached hydrogen (secondary N) is 1. The van der Waals surface area contributed by atoms with E-state index in [0.29, 0.717) is 0 Å². The molecule has 2 rings (SSSR count). The average Bonchev–Trinajstić information content (AvgIpc) is 2.87. The Morgan fingerprint density at radius 1 is 1.50 bits per heavy atom. The number of alkyl halides is 1. The molecule has 1 N–H and O–H groups in total. The Morgan fingerprint density at radius 3 is 2.69 bits per heavy atom. The lowest BCUT2D eigenvalue weighted by molar-refractivity contribution is 0.0910. The van der Waals surface area contributed by atoms with Gasteiger partial charge in [-0.2, -0.15) is 11.3 Å². The van der Waals surface area contributed by atoms with E-state index in [0.717, 1.165) is 29.3 Å². The van der Waals surface area contributed by atoms with Gasteiger partial charge in [-0.3, -0.25) is 4.79 Å². The van der Waals surface area contributed by atoms with E-state index in [1.807, 2.05) is 17.7 Å². The molecule has 0 saturated heterocycles. The van der Waals surface area contributed by atoms with Crippen LogP contribution in [0.25, 0.3) is 0 Å². The zero-order chi connectivity index (χ0) is 11.6. The highest BCUT2D eigenvalue weighted by atomic mass is 79.9. The minimum absolute atomic E-state index is 0.00847. The normalized spacial score (nSPS) is 18.6. The highest BCUT2D eigenvalue weighted by Crippen LogP contribution is 2.31. The van der Waals surface area contributed by atoms with Gasteiger partial charge < -0.3 is 5.32 Å². The molecule has 0 atom stereocenters. The van der Waals surface area contributed by atoms with Crippen LogP contribution < -0.4 is 5.32 Å². The van der Waals surface area contributed by atoms with E-state index in [-0.39, 0.29) is 11.4 Å². The molecule has 16 heavy (non-hydrogen) atoms. The first-order chi connectivity index (χ1) is 7.67. The van der Waals surface area contributed by atoms with E-state index < -0.39 is 0 Å². The van der Waals surface area contributed by atoms with Gasteiger partial charge in [-0.05, 0) is 30.7 Å². The van der Waals surface area contributed by atoms with Crippen molar-refractivity contribution in [2.45, 2.75) is 38.1 Å². The summed E-state index contributed by atoms with van der Waals surface area (Å²) in [5.41, 5.74) is 1.90. The van der Waals surface area contributed by atoms with Crippen molar-refractivity contribution >= 4 is 33.2 Å². The maximum absolute atomic E-state index is 12.1. The lowest BCUT2D eigenvalue weighted by Gasteiger charge is -2.28. The summed E-state index contributed by atoms with van der Waals surface area (Å²) in [5.74, 6) is 0.0834. The van der Waals surface area contributed by atoms with Crippen LogP contribution in [0.5, 0.6) is 0 Å². The Labute approximate surface area is 109 Å². The summed E-state index contributed by atoms with van der Waals surface area (Å²) < 4.78 is 0. The summed E-state index contributed by atoms with van der Waals surface area (Å²) in [5, 5.41) is 8.01. The third kappa shape index (κ3) is 2.33. The third-order valence-electron chi connectivity index (χ3n) is 3.30. The van der Waals surface area contributed by atoms with Gasteiger partial charge in [-0.1, -0.05) is 28.8 Å². The molecule has 1 amide bonds. The minimum atomic E-state index is -0.00847. The van der Waals surface area contributed by atoms with E-state index in [9.17, 15) is 4.79 Å². The number of rotatable bonds is 3. The maximum Gasteiger partial charge on any atom is 0.252 e. The van der Waals surface area contributed by atoms with E-state index in [2.05, 4.69) is 21.2 Å². The van der Waals surface area contributed by atoms with Crippen molar-refractivity contribution in [1.82, 2.24) is 5.32 Å². The Morgan fingerprint density at radius 2 is 2.19 bits per heavy atom. The predicted molar refractivity (Wildman–Crippen MR) is 71.5 cm³/mol. The summed E-state index contributed by atoms with van der Waals surface area (Å²) in [6.07, 6.45) is 4.61. The van der Waals surface area contributed by atoms with Gasteiger partial charge in [0, 0.05) is 10.7 Å². The molecule has 0 unspecified atom stereocenters. The van der Waals surface area contributed by atoms with Gasteiger partial charge in [0.2, 0.25) is 0 Å². The topological polar surface area (TPSA) is 29.1 Å². The first kappa shape index (κ1) is 12.1. The first-order valence-corrected chi connectivity index (χ1v) is 7.65. The van der Waals surface area contributed by atoms with Crippen molar-refractivity contribution in [2.24, 2.45) is 0 Å². The molecule has 4 heteroatoms. The van der Waals surface area contributed by atoms with E-state index in [4.69, 9.17) is 0 Å². The van der Waals surface area contributed by atoms with Crippen molar-refractivity contribution in [1.29, 1.82) is 0 Å². The fourth-order valence-electron chi connectivity index (χ4n) is 2.25. The van der Waals surface area contributed by atoms with Crippen LogP contribution >= 0.6 is 27.3 Å². The van der Waals surface area contributed by atoms with Crippen molar-refractivity contribution in [3.63, 3.8) is 0 Å². The molecule has 0 bridgehead atoms. The molecule has 2 nitrogen and oxygen atoms in total. The summed E-state index contributed by atoms with van der Waals surface area (Å²) in [6, 6.07) is 0. The fourth-order valence-corrected chi connectivity index (χ4v) is 3.77. The summed E-state index contributed by atoms with van der Waals surface area (Å²) in [6.45, 7) is 1.99. The number of carbonyl (C=O) groups excluding carboxylic acids is 1. The zero-order valence-corrected chi connectivity index (χ0v) is 11.8. The Balaban J connectivity index is 2.09. The Bertz CT molecular complexity index is 382. The molecule has 1 aromatic rings. The van der Waals surface area contributed by atoms with Gasteiger partial charge in [-0.25, -0.2) is 0 Å². The van der Waals surface area contributed by atoms with Crippen LogP contribution in [0.3, 0.4) is 0 Å². The zero-order valence-electron chi connectivity index (χ0n) is 9.38. The number of amides is 1. The smallest absolute Gasteiger partial charge is 0.252 e. The van der Waals surface area contributed by atoms with Crippen LogP contribution in [-0.4, -0.2) is 16.8 Å². The molecule has 0 spiro atoms. The van der Waals surface area contributed by atoms with E-state index in [1.54, 1.807) is 11.3 Å². The van der Waals surface area contributed by atoms with Gasteiger partial charge in [0.15, 0.2) is 0 Å². The number of thiophene rings is 1. The molecule has 1 aliphatic rings. The molecular formula is C12H16BrNOS. The highest BCUT2D eigenvalue weighted by Gasteiger charge is 2.34. The molecule has 88 valence electrons. The van der Waals surface area contributed by atoms with Crippen LogP contribution in [-0.2, 0) is 0 Å². The third-order valence-corrected chi connectivity index (χ3v) is 5.23. The SMILES string of the molecule is Cc1cscc1C(=O)NC1(CBr)CCCC1. The molecular weight excluding hydrogens is 286 g/mol. The second kappa shape index (κ2) is 4.88. The van der Waals surface area contributed by atoms with Gasteiger partial charge >= 0.3 is 0 Å². The number of hydrogen-bond donors (Lipinski definition) is 1. The average molecular weight is 302 g/mol. The van der Waals surface area contributed by atoms with Crippen LogP contribution in [0.2, 0.25) is 0 Å². The van der Waals surface area contributed by atoms with Crippen LogP contribution in [0, 0.1) is 6.92 Å². The minimum Gasteiger partial charge on any atom is -0.346 e. The molecule has 1 aliphatic carbocycles. The summed E-state index contributed by atoms with van der Waals surface area (Å²) in [7, 11) is 0. The fraction of sp³-hybridized carbons (Fsp3) is 0.583. The number of halogens is 1. The van der Waals surface area contributed by atoms with Crippen LogP contribution in [0.4, 0.5) is 0 Å². The number of hydrogen-bond acceptors (Lipinski definition) is 2. The summed E-state index contributed by atoms with van der Waals surface area (Å²) in [4.78, 5) is 12.1. The molecule has 1 aromatic heterocycles. The second-order valence-electron chi connectivity index (χ2n) is 4.54. The lowest BCUT2D eigenvalue weighted by Crippen LogP contribution is -2.47. The van der Waals surface area contributed by atoms with Crippen LogP contribution in [0.15, 0.2) is 10.8 Å². The van der Waals surface area contributed by atoms with E-state index >= 15 is 0 Å². The maximum atomic E-state index is 12.1. The quantitative estimate of drug-likeness (QED) is 0.851. The van der Waals surface area contributed by atoms with Gasteiger partial charge in [0.1, 0.15) is 0 Å². The second-order valence-corrected chi connectivity index (χ2v) is 5.85. The van der Waals surface area contributed by atoms with Crippen molar-refractivity contribution in [3.05, 3.63) is 21.9 Å². The van der Waals surface area contributed by atoms with Gasteiger partial charge in [0.05, 0.1) is 11.1 Å². The van der Waals surface area contributed by atoms with E-state index in [1.165, 1.54) is 12.8 Å². The summed E-state index contributed by atoms with van der Waals surface area (Å²) >= 11 is 5.12. The molecule has 0 radical (unpaired) electrons. The monoisotopic (exact) mass is 301 g/mol. The molecule has 1 saturated carbocycles. The molecule has 0 aliphatic heterocycles. The van der Waals surface area contributed by atoms with Gasteiger partial charge in [0.25, 0.3) is 5.91 Å². The number of carbonyl (C=O) groups is 1. The largest absolute Gasteiger partial charge is 0.346 e. The molecule has 1 heterocycles. The Hall–Kier alpha value is -0.350. The Kier molecular flexibility index (Phi) is 3.70. The van der Waals surface area contributed by atoms with Gasteiger partial charge in [-0.15, -0.1) is 0 Å². The van der Waals surface area contributed by atoms with Crippen molar-refractivity contribution < 1.29 is 4.79 Å². The van der Waals surface area contributed by atoms with Crippen molar-refractivity contribution in [3.8, 4) is 0 Å². The highest BCUT2D eigenvalue weighted by molar-refractivity contribution is 9.09. The predicted octanol–water partition coefficient (Wildman–Crippen LogP) is 3.49. The molecule has 1 fully saturated rings. The standard InChI is InChI=1S/C12H16BrNOS/c1-9-6-16-7-10(9)11(15)14-12(8-13)4-2-3-5-12/h6-7H,2-5,8H2,1H3,(H,14,15).